The van der Waals surface area contributed by atoms with Crippen molar-refractivity contribution in [1.82, 2.24) is 20.0 Å². The molecule has 1 aromatic rings. The molecule has 1 saturated heterocycles. The molecule has 1 atom stereocenters. The van der Waals surface area contributed by atoms with Crippen LogP contribution in [-0.4, -0.2) is 53.4 Å². The van der Waals surface area contributed by atoms with Gasteiger partial charge in [-0.15, -0.1) is 0 Å². The predicted molar refractivity (Wildman–Crippen MR) is 77.1 cm³/mol. The number of carbonyl (C=O) groups excluding carboxylic acids is 1. The first kappa shape index (κ1) is 14.8. The molecule has 0 aliphatic carbocycles. The Bertz CT molecular complexity index is 484. The summed E-state index contributed by atoms with van der Waals surface area (Å²) in [6.07, 6.45) is 2.36. The molecule has 0 spiro atoms. The molecular formula is C14H24N4O2. The van der Waals surface area contributed by atoms with E-state index >= 15 is 0 Å². The van der Waals surface area contributed by atoms with Crippen LogP contribution in [0.5, 0.6) is 5.88 Å². The van der Waals surface area contributed by atoms with Crippen molar-refractivity contribution in [3.8, 4) is 5.88 Å². The van der Waals surface area contributed by atoms with E-state index in [1.54, 1.807) is 18.8 Å². The van der Waals surface area contributed by atoms with E-state index in [4.69, 9.17) is 4.74 Å². The lowest BCUT2D eigenvalue weighted by Gasteiger charge is -2.22. The number of nitrogens with one attached hydrogen (secondary N) is 1. The van der Waals surface area contributed by atoms with Crippen molar-refractivity contribution < 1.29 is 9.53 Å². The third kappa shape index (κ3) is 2.80. The number of ether oxygens (including phenoxy) is 1. The molecule has 1 aliphatic rings. The highest BCUT2D eigenvalue weighted by atomic mass is 16.5. The third-order valence-corrected chi connectivity index (χ3v) is 3.99. The van der Waals surface area contributed by atoms with Crippen molar-refractivity contribution in [3.63, 3.8) is 0 Å². The SMILES string of the molecule is CCN1CCCC1CNC(=O)c1c(C)nn(C)c1OC. The number of carbonyl (C=O) groups is 1. The van der Waals surface area contributed by atoms with Crippen LogP contribution >= 0.6 is 0 Å². The smallest absolute Gasteiger partial charge is 0.258 e. The van der Waals surface area contributed by atoms with E-state index in [-0.39, 0.29) is 5.91 Å². The number of aromatic nitrogens is 2. The number of likely N-dealkylation sites (N-methyl/N-ethyl adjacent to an activating group) is 1. The van der Waals surface area contributed by atoms with Gasteiger partial charge in [-0.1, -0.05) is 6.92 Å². The summed E-state index contributed by atoms with van der Waals surface area (Å²) in [6.45, 7) is 6.84. The number of aryl methyl sites for hydroxylation is 2. The maximum Gasteiger partial charge on any atom is 0.258 e. The molecule has 1 unspecified atom stereocenters. The quantitative estimate of drug-likeness (QED) is 0.872. The zero-order valence-electron chi connectivity index (χ0n) is 12.8. The molecule has 0 radical (unpaired) electrons. The molecule has 2 rings (SSSR count). The summed E-state index contributed by atoms with van der Waals surface area (Å²) >= 11 is 0. The molecular weight excluding hydrogens is 256 g/mol. The summed E-state index contributed by atoms with van der Waals surface area (Å²) in [5.41, 5.74) is 1.23. The van der Waals surface area contributed by atoms with Gasteiger partial charge < -0.3 is 10.1 Å². The molecule has 6 nitrogen and oxygen atoms in total. The van der Waals surface area contributed by atoms with E-state index in [1.807, 2.05) is 6.92 Å². The number of amides is 1. The van der Waals surface area contributed by atoms with Gasteiger partial charge in [0.15, 0.2) is 0 Å². The first-order valence-electron chi connectivity index (χ1n) is 7.18. The van der Waals surface area contributed by atoms with Gasteiger partial charge in [0, 0.05) is 19.6 Å². The van der Waals surface area contributed by atoms with Crippen LogP contribution in [-0.2, 0) is 7.05 Å². The minimum absolute atomic E-state index is 0.101. The Morgan fingerprint density at radius 3 is 2.95 bits per heavy atom. The number of methoxy groups -OCH3 is 1. The predicted octanol–water partition coefficient (Wildman–Crippen LogP) is 0.951. The summed E-state index contributed by atoms with van der Waals surface area (Å²) in [6, 6.07) is 0.451. The summed E-state index contributed by atoms with van der Waals surface area (Å²) in [5, 5.41) is 7.25. The number of hydrogen-bond donors (Lipinski definition) is 1. The number of likely N-dealkylation sites (tertiary alicyclic amines) is 1. The standard InChI is InChI=1S/C14H24N4O2/c1-5-18-8-6-7-11(18)9-15-13(19)12-10(2)16-17(3)14(12)20-4/h11H,5-9H2,1-4H3,(H,15,19). The fourth-order valence-corrected chi connectivity index (χ4v) is 2.97. The van der Waals surface area contributed by atoms with Crippen LogP contribution in [0.15, 0.2) is 0 Å². The lowest BCUT2D eigenvalue weighted by atomic mass is 10.2. The summed E-state index contributed by atoms with van der Waals surface area (Å²) in [7, 11) is 3.33. The van der Waals surface area contributed by atoms with Crippen LogP contribution < -0.4 is 10.1 Å². The molecule has 0 bridgehead atoms. The fraction of sp³-hybridized carbons (Fsp3) is 0.714. The second-order valence-electron chi connectivity index (χ2n) is 5.23. The molecule has 112 valence electrons. The second kappa shape index (κ2) is 6.26. The molecule has 1 aliphatic heterocycles. The van der Waals surface area contributed by atoms with Gasteiger partial charge in [0.05, 0.1) is 12.8 Å². The summed E-state index contributed by atoms with van der Waals surface area (Å²) < 4.78 is 6.86. The Morgan fingerprint density at radius 2 is 2.30 bits per heavy atom. The van der Waals surface area contributed by atoms with Crippen molar-refractivity contribution in [2.75, 3.05) is 26.7 Å². The topological polar surface area (TPSA) is 59.4 Å². The minimum Gasteiger partial charge on any atom is -0.481 e. The van der Waals surface area contributed by atoms with Gasteiger partial charge >= 0.3 is 0 Å². The van der Waals surface area contributed by atoms with E-state index in [9.17, 15) is 4.79 Å². The first-order valence-corrected chi connectivity index (χ1v) is 7.18. The normalized spacial score (nSPS) is 19.3. The molecule has 0 aromatic carbocycles. The lowest BCUT2D eigenvalue weighted by Crippen LogP contribution is -2.40. The fourth-order valence-electron chi connectivity index (χ4n) is 2.97. The lowest BCUT2D eigenvalue weighted by molar-refractivity contribution is 0.0937. The van der Waals surface area contributed by atoms with E-state index in [1.165, 1.54) is 6.42 Å². The second-order valence-corrected chi connectivity index (χ2v) is 5.23. The van der Waals surface area contributed by atoms with Gasteiger partial charge in [0.1, 0.15) is 5.56 Å². The maximum atomic E-state index is 12.3. The van der Waals surface area contributed by atoms with Crippen molar-refractivity contribution in [2.45, 2.75) is 32.7 Å². The molecule has 20 heavy (non-hydrogen) atoms. The third-order valence-electron chi connectivity index (χ3n) is 3.99. The Hall–Kier alpha value is -1.56. The number of rotatable bonds is 5. The average molecular weight is 280 g/mol. The minimum atomic E-state index is -0.101. The van der Waals surface area contributed by atoms with E-state index in [2.05, 4.69) is 22.2 Å². The Balaban J connectivity index is 2.02. The van der Waals surface area contributed by atoms with Crippen LogP contribution in [0.1, 0.15) is 35.8 Å². The van der Waals surface area contributed by atoms with E-state index in [0.717, 1.165) is 19.5 Å². The Labute approximate surface area is 120 Å². The molecule has 1 amide bonds. The van der Waals surface area contributed by atoms with Gasteiger partial charge in [-0.2, -0.15) is 5.10 Å². The van der Waals surface area contributed by atoms with Crippen LogP contribution in [0.2, 0.25) is 0 Å². The largest absolute Gasteiger partial charge is 0.481 e. The zero-order chi connectivity index (χ0) is 14.7. The molecule has 1 N–H and O–H groups in total. The van der Waals surface area contributed by atoms with Gasteiger partial charge in [-0.3, -0.25) is 9.69 Å². The first-order chi connectivity index (χ1) is 9.58. The van der Waals surface area contributed by atoms with Gasteiger partial charge in [-0.25, -0.2) is 4.68 Å². The van der Waals surface area contributed by atoms with Crippen LogP contribution in [0.3, 0.4) is 0 Å². The Kier molecular flexibility index (Phi) is 4.65. The molecule has 1 fully saturated rings. The van der Waals surface area contributed by atoms with Crippen LogP contribution in [0.4, 0.5) is 0 Å². The van der Waals surface area contributed by atoms with Crippen molar-refractivity contribution in [3.05, 3.63) is 11.3 Å². The highest BCUT2D eigenvalue weighted by Gasteiger charge is 2.25. The molecule has 6 heteroatoms. The summed E-state index contributed by atoms with van der Waals surface area (Å²) in [4.78, 5) is 14.8. The van der Waals surface area contributed by atoms with Crippen molar-refractivity contribution in [2.24, 2.45) is 7.05 Å². The average Bonchev–Trinajstić information content (AvgIpc) is 2.99. The Morgan fingerprint density at radius 1 is 1.55 bits per heavy atom. The van der Waals surface area contributed by atoms with Gasteiger partial charge in [0.2, 0.25) is 5.88 Å². The van der Waals surface area contributed by atoms with Gasteiger partial charge in [0.25, 0.3) is 5.91 Å². The maximum absolute atomic E-state index is 12.3. The van der Waals surface area contributed by atoms with Crippen molar-refractivity contribution >= 4 is 5.91 Å². The highest BCUT2D eigenvalue weighted by Crippen LogP contribution is 2.21. The number of nitrogens with zero attached hydrogens (tertiary/aromatic N) is 3. The van der Waals surface area contributed by atoms with Crippen LogP contribution in [0.25, 0.3) is 0 Å². The molecule has 2 heterocycles. The van der Waals surface area contributed by atoms with Crippen LogP contribution in [0, 0.1) is 6.92 Å². The monoisotopic (exact) mass is 280 g/mol. The zero-order valence-corrected chi connectivity index (χ0v) is 12.8. The summed E-state index contributed by atoms with van der Waals surface area (Å²) in [5.74, 6) is 0.411. The molecule has 0 saturated carbocycles. The van der Waals surface area contributed by atoms with E-state index < -0.39 is 0 Å². The molecule has 1 aromatic heterocycles. The van der Waals surface area contributed by atoms with Gasteiger partial charge in [-0.05, 0) is 32.9 Å². The van der Waals surface area contributed by atoms with E-state index in [0.29, 0.717) is 29.7 Å². The number of hydrogen-bond acceptors (Lipinski definition) is 4. The van der Waals surface area contributed by atoms with Crippen molar-refractivity contribution in [1.29, 1.82) is 0 Å². The highest BCUT2D eigenvalue weighted by molar-refractivity contribution is 5.97.